The summed E-state index contributed by atoms with van der Waals surface area (Å²) in [5, 5.41) is 10.5. The molecule has 0 spiro atoms. The van der Waals surface area contributed by atoms with Gasteiger partial charge in [0, 0.05) is 28.8 Å². The zero-order valence-corrected chi connectivity index (χ0v) is 16.8. The molecule has 0 saturated heterocycles. The van der Waals surface area contributed by atoms with Crippen LogP contribution in [0, 0.1) is 0 Å². The molecule has 0 amide bonds. The summed E-state index contributed by atoms with van der Waals surface area (Å²) in [4.78, 5) is 24.6. The van der Waals surface area contributed by atoms with Gasteiger partial charge in [-0.25, -0.2) is 4.79 Å². The van der Waals surface area contributed by atoms with Gasteiger partial charge in [0.2, 0.25) is 0 Å². The lowest BCUT2D eigenvalue weighted by Crippen LogP contribution is -2.08. The van der Waals surface area contributed by atoms with Crippen LogP contribution in [0.25, 0.3) is 11.1 Å². The van der Waals surface area contributed by atoms with Gasteiger partial charge in [0.15, 0.2) is 5.78 Å². The number of hydrogen-bond acceptors (Lipinski definition) is 5. The van der Waals surface area contributed by atoms with E-state index < -0.39 is 12.1 Å². The second-order valence-corrected chi connectivity index (χ2v) is 6.64. The lowest BCUT2D eigenvalue weighted by atomic mass is 9.92. The van der Waals surface area contributed by atoms with Gasteiger partial charge >= 0.3 is 5.97 Å². The van der Waals surface area contributed by atoms with Gasteiger partial charge in [0.1, 0.15) is 17.6 Å². The third-order valence-electron chi connectivity index (χ3n) is 4.75. The van der Waals surface area contributed by atoms with Gasteiger partial charge in [-0.1, -0.05) is 61.2 Å². The van der Waals surface area contributed by atoms with Gasteiger partial charge in [-0.2, -0.15) is 0 Å². The molecule has 0 radical (unpaired) electrons. The predicted molar refractivity (Wildman–Crippen MR) is 115 cm³/mol. The molecule has 0 fully saturated rings. The fourth-order valence-corrected chi connectivity index (χ4v) is 3.26. The molecule has 30 heavy (non-hydrogen) atoms. The molecule has 3 rings (SSSR count). The average Bonchev–Trinajstić information content (AvgIpc) is 2.78. The van der Waals surface area contributed by atoms with Crippen molar-refractivity contribution in [2.45, 2.75) is 13.0 Å². The molecule has 3 aromatic carbocycles. The van der Waals surface area contributed by atoms with Gasteiger partial charge in [0.25, 0.3) is 0 Å². The van der Waals surface area contributed by atoms with Crippen LogP contribution in [0.1, 0.15) is 34.5 Å². The van der Waals surface area contributed by atoms with Crippen LogP contribution in [0.15, 0.2) is 79.4 Å². The number of rotatable bonds is 7. The standard InChI is InChI=1S/C25H22O5/c1-4-24(27)30-16(2)18-12-8-9-13-19(18)20-14-21(22(26)15-23(20)29-3)25(28)17-10-6-5-7-11-17/h4-16,26H,1H2,2-3H3. The van der Waals surface area contributed by atoms with Crippen molar-refractivity contribution in [1.82, 2.24) is 0 Å². The molecule has 0 aliphatic carbocycles. The van der Waals surface area contributed by atoms with E-state index in [4.69, 9.17) is 9.47 Å². The third-order valence-corrected chi connectivity index (χ3v) is 4.75. The summed E-state index contributed by atoms with van der Waals surface area (Å²) < 4.78 is 10.8. The van der Waals surface area contributed by atoms with Gasteiger partial charge in [-0.15, -0.1) is 0 Å². The molecule has 0 aromatic heterocycles. The molecule has 0 bridgehead atoms. The highest BCUT2D eigenvalue weighted by atomic mass is 16.5. The summed E-state index contributed by atoms with van der Waals surface area (Å²) in [7, 11) is 1.49. The molecule has 1 N–H and O–H groups in total. The zero-order chi connectivity index (χ0) is 21.7. The first kappa shape index (κ1) is 20.9. The number of ether oxygens (including phenoxy) is 2. The van der Waals surface area contributed by atoms with Crippen LogP contribution < -0.4 is 4.74 Å². The fourth-order valence-electron chi connectivity index (χ4n) is 3.26. The van der Waals surface area contributed by atoms with E-state index in [-0.39, 0.29) is 17.1 Å². The molecule has 0 aliphatic heterocycles. The number of phenolic OH excluding ortho intramolecular Hbond substituents is 1. The van der Waals surface area contributed by atoms with Crippen LogP contribution in [0.2, 0.25) is 0 Å². The van der Waals surface area contributed by atoms with Crippen LogP contribution >= 0.6 is 0 Å². The number of methoxy groups -OCH3 is 1. The number of ketones is 1. The van der Waals surface area contributed by atoms with E-state index in [1.54, 1.807) is 37.3 Å². The molecule has 1 atom stereocenters. The van der Waals surface area contributed by atoms with Crippen molar-refractivity contribution < 1.29 is 24.2 Å². The van der Waals surface area contributed by atoms with Crippen molar-refractivity contribution in [3.05, 3.63) is 96.1 Å². The highest BCUT2D eigenvalue weighted by molar-refractivity contribution is 6.11. The molecule has 5 heteroatoms. The van der Waals surface area contributed by atoms with Crippen LogP contribution in [-0.2, 0) is 9.53 Å². The van der Waals surface area contributed by atoms with E-state index in [0.717, 1.165) is 17.2 Å². The van der Waals surface area contributed by atoms with Crippen molar-refractivity contribution in [1.29, 1.82) is 0 Å². The summed E-state index contributed by atoms with van der Waals surface area (Å²) in [5.41, 5.74) is 2.68. The topological polar surface area (TPSA) is 72.8 Å². The SMILES string of the molecule is C=CC(=O)OC(C)c1ccccc1-c1cc(C(=O)c2ccccc2)c(O)cc1OC. The van der Waals surface area contributed by atoms with Crippen LogP contribution in [0.4, 0.5) is 0 Å². The van der Waals surface area contributed by atoms with E-state index in [2.05, 4.69) is 6.58 Å². The van der Waals surface area contributed by atoms with Gasteiger partial charge in [0.05, 0.1) is 12.7 Å². The zero-order valence-electron chi connectivity index (χ0n) is 16.8. The minimum atomic E-state index is -0.557. The summed E-state index contributed by atoms with van der Waals surface area (Å²) >= 11 is 0. The predicted octanol–water partition coefficient (Wildman–Crippen LogP) is 5.09. The molecule has 0 heterocycles. The van der Waals surface area contributed by atoms with Crippen molar-refractivity contribution in [3.8, 4) is 22.6 Å². The van der Waals surface area contributed by atoms with E-state index in [9.17, 15) is 14.7 Å². The Morgan fingerprint density at radius 3 is 2.33 bits per heavy atom. The minimum absolute atomic E-state index is 0.155. The highest BCUT2D eigenvalue weighted by Gasteiger charge is 2.21. The van der Waals surface area contributed by atoms with Crippen molar-refractivity contribution in [2.24, 2.45) is 0 Å². The second kappa shape index (κ2) is 9.09. The average molecular weight is 402 g/mol. The quantitative estimate of drug-likeness (QED) is 0.339. The fraction of sp³-hybridized carbons (Fsp3) is 0.120. The Kier molecular flexibility index (Phi) is 6.32. The maximum absolute atomic E-state index is 13.0. The molecule has 0 aliphatic rings. The van der Waals surface area contributed by atoms with E-state index in [1.807, 2.05) is 30.3 Å². The molecular weight excluding hydrogens is 380 g/mol. The van der Waals surface area contributed by atoms with Crippen molar-refractivity contribution in [2.75, 3.05) is 7.11 Å². The van der Waals surface area contributed by atoms with Crippen LogP contribution in [-0.4, -0.2) is 24.0 Å². The number of carbonyl (C=O) groups is 2. The van der Waals surface area contributed by atoms with Crippen molar-refractivity contribution in [3.63, 3.8) is 0 Å². The summed E-state index contributed by atoms with van der Waals surface area (Å²) in [6.07, 6.45) is 0.551. The van der Waals surface area contributed by atoms with Gasteiger partial charge in [-0.3, -0.25) is 4.79 Å². The molecule has 1 unspecified atom stereocenters. The maximum atomic E-state index is 13.0. The van der Waals surface area contributed by atoms with Gasteiger partial charge < -0.3 is 14.6 Å². The number of carbonyl (C=O) groups excluding carboxylic acids is 2. The number of esters is 1. The Balaban J connectivity index is 2.14. The Morgan fingerprint density at radius 1 is 1.00 bits per heavy atom. The molecule has 0 saturated carbocycles. The number of phenols is 1. The monoisotopic (exact) mass is 402 g/mol. The van der Waals surface area contributed by atoms with E-state index in [0.29, 0.717) is 16.9 Å². The third kappa shape index (κ3) is 4.25. The van der Waals surface area contributed by atoms with E-state index in [1.165, 1.54) is 13.2 Å². The molecule has 5 nitrogen and oxygen atoms in total. The lowest BCUT2D eigenvalue weighted by molar-refractivity contribution is -0.142. The Morgan fingerprint density at radius 2 is 1.67 bits per heavy atom. The Hall–Kier alpha value is -3.86. The molecule has 3 aromatic rings. The normalized spacial score (nSPS) is 11.4. The summed E-state index contributed by atoms with van der Waals surface area (Å²) in [5.74, 6) is -0.615. The summed E-state index contributed by atoms with van der Waals surface area (Å²) in [6, 6.07) is 19.1. The smallest absolute Gasteiger partial charge is 0.330 e. The molecule has 152 valence electrons. The number of aromatic hydroxyl groups is 1. The Labute approximate surface area is 175 Å². The van der Waals surface area contributed by atoms with Gasteiger partial charge in [-0.05, 0) is 18.6 Å². The number of hydrogen-bond donors (Lipinski definition) is 1. The van der Waals surface area contributed by atoms with E-state index >= 15 is 0 Å². The molecular formula is C25H22O5. The highest BCUT2D eigenvalue weighted by Crippen LogP contribution is 2.40. The van der Waals surface area contributed by atoms with Crippen molar-refractivity contribution >= 4 is 11.8 Å². The minimum Gasteiger partial charge on any atom is -0.507 e. The second-order valence-electron chi connectivity index (χ2n) is 6.64. The lowest BCUT2D eigenvalue weighted by Gasteiger charge is -2.19. The van der Waals surface area contributed by atoms with Crippen LogP contribution in [0.3, 0.4) is 0 Å². The van der Waals surface area contributed by atoms with Crippen LogP contribution in [0.5, 0.6) is 11.5 Å². The first-order chi connectivity index (χ1) is 14.5. The maximum Gasteiger partial charge on any atom is 0.330 e. The Bertz CT molecular complexity index is 1090. The first-order valence-corrected chi connectivity index (χ1v) is 9.39. The summed E-state index contributed by atoms with van der Waals surface area (Å²) in [6.45, 7) is 5.18. The number of benzene rings is 3. The largest absolute Gasteiger partial charge is 0.507 e. The first-order valence-electron chi connectivity index (χ1n) is 9.39.